The van der Waals surface area contributed by atoms with Gasteiger partial charge in [-0.05, 0) is 25.8 Å². The number of halogens is 1. The van der Waals surface area contributed by atoms with E-state index in [9.17, 15) is 4.79 Å². The zero-order chi connectivity index (χ0) is 14.5. The van der Waals surface area contributed by atoms with E-state index < -0.39 is 0 Å². The minimum absolute atomic E-state index is 0. The van der Waals surface area contributed by atoms with Crippen LogP contribution in [0.15, 0.2) is 24.3 Å². The largest absolute Gasteiger partial charge is 0.366 e. The molecule has 1 N–H and O–H groups in total. The van der Waals surface area contributed by atoms with E-state index in [4.69, 9.17) is 4.74 Å². The molecule has 0 aromatic heterocycles. The Bertz CT molecular complexity index is 444. The molecule has 0 saturated carbocycles. The maximum Gasteiger partial charge on any atom is 0.253 e. The van der Waals surface area contributed by atoms with Crippen LogP contribution in [0.2, 0.25) is 0 Å². The second-order valence-corrected chi connectivity index (χ2v) is 5.55. The van der Waals surface area contributed by atoms with Crippen LogP contribution in [0, 0.1) is 6.92 Å². The number of rotatable bonds is 4. The fraction of sp³-hybridized carbons (Fsp3) is 0.562. The summed E-state index contributed by atoms with van der Waals surface area (Å²) in [5.41, 5.74) is 2.51. The second kappa shape index (κ2) is 8.37. The van der Waals surface area contributed by atoms with E-state index >= 15 is 0 Å². The summed E-state index contributed by atoms with van der Waals surface area (Å²) in [6.07, 6.45) is 0.525. The first kappa shape index (κ1) is 18.0. The van der Waals surface area contributed by atoms with Crippen molar-refractivity contribution in [3.8, 4) is 0 Å². The molecule has 1 aromatic carbocycles. The van der Waals surface area contributed by atoms with Crippen molar-refractivity contribution >= 4 is 18.3 Å². The van der Waals surface area contributed by atoms with Crippen LogP contribution < -0.4 is 5.32 Å². The Kier molecular flexibility index (Phi) is 7.15. The predicted molar refractivity (Wildman–Crippen MR) is 87.0 cm³/mol. The fourth-order valence-corrected chi connectivity index (χ4v) is 2.37. The first-order valence-electron chi connectivity index (χ1n) is 7.22. The molecule has 4 nitrogen and oxygen atoms in total. The lowest BCUT2D eigenvalue weighted by Gasteiger charge is -2.31. The second-order valence-electron chi connectivity index (χ2n) is 5.55. The number of nitrogens with zero attached hydrogens (tertiary/aromatic N) is 1. The van der Waals surface area contributed by atoms with E-state index in [1.165, 1.54) is 11.1 Å². The maximum absolute atomic E-state index is 12.3. The van der Waals surface area contributed by atoms with Crippen molar-refractivity contribution in [1.82, 2.24) is 10.2 Å². The molecule has 5 heteroatoms. The molecule has 0 radical (unpaired) electrons. The maximum atomic E-state index is 12.3. The van der Waals surface area contributed by atoms with Crippen molar-refractivity contribution in [2.24, 2.45) is 0 Å². The van der Waals surface area contributed by atoms with E-state index in [1.54, 1.807) is 4.90 Å². The summed E-state index contributed by atoms with van der Waals surface area (Å²) in [6, 6.07) is 8.64. The van der Waals surface area contributed by atoms with Crippen LogP contribution in [-0.2, 0) is 16.0 Å². The molecule has 1 fully saturated rings. The van der Waals surface area contributed by atoms with E-state index in [1.807, 2.05) is 7.05 Å². The molecule has 2 rings (SSSR count). The molecule has 1 aliphatic heterocycles. The van der Waals surface area contributed by atoms with Crippen molar-refractivity contribution in [1.29, 1.82) is 0 Å². The van der Waals surface area contributed by atoms with E-state index in [2.05, 4.69) is 43.4 Å². The molecule has 2 unspecified atom stereocenters. The number of aryl methyl sites for hydroxylation is 1. The van der Waals surface area contributed by atoms with E-state index in [-0.39, 0.29) is 30.5 Å². The van der Waals surface area contributed by atoms with Gasteiger partial charge in [-0.15, -0.1) is 12.4 Å². The molecule has 1 saturated heterocycles. The number of morpholine rings is 1. The molecule has 0 spiro atoms. The van der Waals surface area contributed by atoms with Gasteiger partial charge in [0.2, 0.25) is 0 Å². The monoisotopic (exact) mass is 312 g/mol. The van der Waals surface area contributed by atoms with Crippen LogP contribution in [0.25, 0.3) is 0 Å². The summed E-state index contributed by atoms with van der Waals surface area (Å²) in [4.78, 5) is 14.1. The van der Waals surface area contributed by atoms with Gasteiger partial charge in [0.15, 0.2) is 0 Å². The van der Waals surface area contributed by atoms with Gasteiger partial charge in [0.1, 0.15) is 6.10 Å². The fourth-order valence-electron chi connectivity index (χ4n) is 2.37. The number of likely N-dealkylation sites (N-methyl/N-ethyl adjacent to an activating group) is 1. The topological polar surface area (TPSA) is 41.6 Å². The molecule has 1 amide bonds. The third-order valence-corrected chi connectivity index (χ3v) is 3.86. The summed E-state index contributed by atoms with van der Waals surface area (Å²) >= 11 is 0. The first-order valence-corrected chi connectivity index (χ1v) is 7.22. The minimum Gasteiger partial charge on any atom is -0.366 e. The zero-order valence-corrected chi connectivity index (χ0v) is 13.8. The van der Waals surface area contributed by atoms with E-state index in [0.717, 1.165) is 13.0 Å². The number of carbonyl (C=O) groups is 1. The average molecular weight is 313 g/mol. The lowest BCUT2D eigenvalue weighted by Crippen LogP contribution is -2.50. The summed E-state index contributed by atoms with van der Waals surface area (Å²) < 4.78 is 5.52. The Labute approximate surface area is 133 Å². The van der Waals surface area contributed by atoms with Crippen molar-refractivity contribution in [2.75, 3.05) is 26.7 Å². The number of hydrogen-bond acceptors (Lipinski definition) is 3. The molecule has 21 heavy (non-hydrogen) atoms. The number of benzene rings is 1. The van der Waals surface area contributed by atoms with Gasteiger partial charge in [0, 0.05) is 26.2 Å². The lowest BCUT2D eigenvalue weighted by molar-refractivity contribution is -0.145. The molecule has 0 bridgehead atoms. The Hall–Kier alpha value is -1.10. The highest BCUT2D eigenvalue weighted by molar-refractivity contribution is 5.85. The Morgan fingerprint density at radius 2 is 2.10 bits per heavy atom. The van der Waals surface area contributed by atoms with Crippen LogP contribution in [0.3, 0.4) is 0 Å². The Morgan fingerprint density at radius 3 is 2.67 bits per heavy atom. The average Bonchev–Trinajstić information content (AvgIpc) is 2.49. The van der Waals surface area contributed by atoms with Crippen LogP contribution >= 0.6 is 12.4 Å². The third-order valence-electron chi connectivity index (χ3n) is 3.86. The summed E-state index contributed by atoms with van der Waals surface area (Å²) in [6.45, 7) is 6.20. The summed E-state index contributed by atoms with van der Waals surface area (Å²) in [5.74, 6) is 0.0665. The van der Waals surface area contributed by atoms with Gasteiger partial charge in [-0.2, -0.15) is 0 Å². The van der Waals surface area contributed by atoms with E-state index in [0.29, 0.717) is 13.2 Å². The minimum atomic E-state index is -0.339. The van der Waals surface area contributed by atoms with Crippen LogP contribution in [-0.4, -0.2) is 49.7 Å². The summed E-state index contributed by atoms with van der Waals surface area (Å²) in [7, 11) is 1.86. The van der Waals surface area contributed by atoms with Crippen molar-refractivity contribution in [3.05, 3.63) is 35.4 Å². The Balaban J connectivity index is 0.00000220. The number of hydrogen-bond donors (Lipinski definition) is 1. The summed E-state index contributed by atoms with van der Waals surface area (Å²) in [5, 5.41) is 3.19. The van der Waals surface area contributed by atoms with Crippen LogP contribution in [0.4, 0.5) is 0 Å². The van der Waals surface area contributed by atoms with Crippen molar-refractivity contribution in [3.63, 3.8) is 0 Å². The van der Waals surface area contributed by atoms with Crippen LogP contribution in [0.1, 0.15) is 18.1 Å². The van der Waals surface area contributed by atoms with Gasteiger partial charge in [-0.3, -0.25) is 4.79 Å². The zero-order valence-electron chi connectivity index (χ0n) is 13.0. The predicted octanol–water partition coefficient (Wildman–Crippen LogP) is 1.79. The normalized spacial score (nSPS) is 19.5. The number of carbonyl (C=O) groups excluding carboxylic acids is 1. The number of nitrogens with one attached hydrogen (secondary N) is 1. The highest BCUT2D eigenvalue weighted by Gasteiger charge is 2.27. The SMILES string of the molecule is Cc1ccc(CC(C)N(C)C(=O)C2CNCCO2)cc1.Cl. The van der Waals surface area contributed by atoms with Gasteiger partial charge < -0.3 is 15.0 Å². The third kappa shape index (κ3) is 4.99. The van der Waals surface area contributed by atoms with Crippen molar-refractivity contribution < 1.29 is 9.53 Å². The molecular weight excluding hydrogens is 288 g/mol. The number of ether oxygens (including phenoxy) is 1. The molecule has 1 aliphatic rings. The van der Waals surface area contributed by atoms with Gasteiger partial charge in [-0.1, -0.05) is 29.8 Å². The standard InChI is InChI=1S/C16H24N2O2.ClH/c1-12-4-6-14(7-5-12)10-13(2)18(3)16(19)15-11-17-8-9-20-15;/h4-7,13,15,17H,8-11H2,1-3H3;1H. The van der Waals surface area contributed by atoms with Crippen LogP contribution in [0.5, 0.6) is 0 Å². The number of amides is 1. The molecule has 1 heterocycles. The quantitative estimate of drug-likeness (QED) is 0.921. The lowest BCUT2D eigenvalue weighted by atomic mass is 10.0. The molecular formula is C16H25ClN2O2. The highest BCUT2D eigenvalue weighted by Crippen LogP contribution is 2.11. The van der Waals surface area contributed by atoms with Crippen molar-refractivity contribution in [2.45, 2.75) is 32.4 Å². The molecule has 118 valence electrons. The Morgan fingerprint density at radius 1 is 1.43 bits per heavy atom. The molecule has 1 aromatic rings. The van der Waals surface area contributed by atoms with Gasteiger partial charge in [0.25, 0.3) is 5.91 Å². The molecule has 2 atom stereocenters. The highest BCUT2D eigenvalue weighted by atomic mass is 35.5. The van der Waals surface area contributed by atoms with Gasteiger partial charge in [0.05, 0.1) is 6.61 Å². The molecule has 0 aliphatic carbocycles. The first-order chi connectivity index (χ1) is 9.58. The smallest absolute Gasteiger partial charge is 0.253 e. The van der Waals surface area contributed by atoms with Gasteiger partial charge >= 0.3 is 0 Å². The van der Waals surface area contributed by atoms with Gasteiger partial charge in [-0.25, -0.2) is 0 Å².